The predicted octanol–water partition coefficient (Wildman–Crippen LogP) is 2.68. The van der Waals surface area contributed by atoms with Crippen molar-refractivity contribution >= 4 is 0 Å². The van der Waals surface area contributed by atoms with Crippen LogP contribution in [0.4, 0.5) is 0 Å². The zero-order valence-electron chi connectivity index (χ0n) is 9.84. The number of benzene rings is 1. The van der Waals surface area contributed by atoms with Gasteiger partial charge in [-0.25, -0.2) is 4.98 Å². The summed E-state index contributed by atoms with van der Waals surface area (Å²) in [5.74, 6) is 0.623. The van der Waals surface area contributed by atoms with Crippen molar-refractivity contribution in [2.45, 2.75) is 19.6 Å². The van der Waals surface area contributed by atoms with Gasteiger partial charge in [0.05, 0.1) is 0 Å². The van der Waals surface area contributed by atoms with Crippen LogP contribution in [0.3, 0.4) is 0 Å². The topological polar surface area (TPSA) is 48.1 Å². The second kappa shape index (κ2) is 5.46. The Balaban J connectivity index is 1.96. The molecule has 2 aromatic rings. The number of hydrogen-bond acceptors (Lipinski definition) is 3. The van der Waals surface area contributed by atoms with Crippen molar-refractivity contribution in [2.24, 2.45) is 5.73 Å². The molecular weight excluding hydrogens is 212 g/mol. The minimum Gasteiger partial charge on any atom is -0.473 e. The van der Waals surface area contributed by atoms with E-state index in [1.165, 1.54) is 0 Å². The molecule has 1 heterocycles. The molecule has 1 unspecified atom stereocenters. The molecule has 1 aromatic carbocycles. The number of nitrogens with two attached hydrogens (primary N) is 1. The summed E-state index contributed by atoms with van der Waals surface area (Å²) in [5, 5.41) is 0. The standard InChI is InChI=1S/C14H16N2O/c1-11(15)13-7-8-14(16-9-13)17-10-12-5-3-2-4-6-12/h2-9,11H,10,15H2,1H3. The zero-order valence-corrected chi connectivity index (χ0v) is 9.84. The molecule has 3 heteroatoms. The Morgan fingerprint density at radius 2 is 1.94 bits per heavy atom. The number of pyridine rings is 1. The second-order valence-corrected chi connectivity index (χ2v) is 3.99. The third kappa shape index (κ3) is 3.29. The summed E-state index contributed by atoms with van der Waals surface area (Å²) >= 11 is 0. The fraction of sp³-hybridized carbons (Fsp3) is 0.214. The van der Waals surface area contributed by atoms with Crippen LogP contribution in [0.25, 0.3) is 0 Å². The van der Waals surface area contributed by atoms with Crippen molar-refractivity contribution in [3.8, 4) is 5.88 Å². The maximum Gasteiger partial charge on any atom is 0.213 e. The van der Waals surface area contributed by atoms with Crippen molar-refractivity contribution < 1.29 is 4.74 Å². The molecule has 0 fully saturated rings. The fourth-order valence-corrected chi connectivity index (χ4v) is 1.48. The van der Waals surface area contributed by atoms with Gasteiger partial charge in [0.2, 0.25) is 5.88 Å². The first-order valence-electron chi connectivity index (χ1n) is 5.64. The molecule has 0 spiro atoms. The van der Waals surface area contributed by atoms with E-state index in [0.29, 0.717) is 12.5 Å². The van der Waals surface area contributed by atoms with Crippen LogP contribution >= 0.6 is 0 Å². The quantitative estimate of drug-likeness (QED) is 0.875. The van der Waals surface area contributed by atoms with Gasteiger partial charge in [0.25, 0.3) is 0 Å². The van der Waals surface area contributed by atoms with Crippen molar-refractivity contribution in [3.63, 3.8) is 0 Å². The number of nitrogens with zero attached hydrogens (tertiary/aromatic N) is 1. The van der Waals surface area contributed by atoms with Crippen LogP contribution in [0.2, 0.25) is 0 Å². The normalized spacial score (nSPS) is 12.1. The van der Waals surface area contributed by atoms with Gasteiger partial charge < -0.3 is 10.5 Å². The van der Waals surface area contributed by atoms with E-state index < -0.39 is 0 Å². The highest BCUT2D eigenvalue weighted by Crippen LogP contribution is 2.13. The Kier molecular flexibility index (Phi) is 3.73. The molecule has 2 N–H and O–H groups in total. The summed E-state index contributed by atoms with van der Waals surface area (Å²) in [4.78, 5) is 4.21. The Labute approximate surface area is 101 Å². The van der Waals surface area contributed by atoms with Gasteiger partial charge in [-0.05, 0) is 18.1 Å². The van der Waals surface area contributed by atoms with E-state index in [4.69, 9.17) is 10.5 Å². The van der Waals surface area contributed by atoms with Crippen LogP contribution in [0.15, 0.2) is 48.7 Å². The van der Waals surface area contributed by atoms with Crippen LogP contribution in [0.5, 0.6) is 5.88 Å². The Morgan fingerprint density at radius 1 is 1.18 bits per heavy atom. The Hall–Kier alpha value is -1.87. The molecular formula is C14H16N2O. The molecule has 0 bridgehead atoms. The first-order chi connectivity index (χ1) is 8.25. The number of hydrogen-bond donors (Lipinski definition) is 1. The molecule has 0 amide bonds. The van der Waals surface area contributed by atoms with Gasteiger partial charge in [0.15, 0.2) is 0 Å². The van der Waals surface area contributed by atoms with Gasteiger partial charge in [-0.2, -0.15) is 0 Å². The maximum absolute atomic E-state index is 5.75. The van der Waals surface area contributed by atoms with Crippen LogP contribution in [0, 0.1) is 0 Å². The van der Waals surface area contributed by atoms with E-state index in [0.717, 1.165) is 11.1 Å². The highest BCUT2D eigenvalue weighted by atomic mass is 16.5. The summed E-state index contributed by atoms with van der Waals surface area (Å²) in [5.41, 5.74) is 7.89. The molecule has 17 heavy (non-hydrogen) atoms. The predicted molar refractivity (Wildman–Crippen MR) is 67.6 cm³/mol. The lowest BCUT2D eigenvalue weighted by Gasteiger charge is -2.07. The van der Waals surface area contributed by atoms with Crippen LogP contribution in [0.1, 0.15) is 24.1 Å². The molecule has 1 aromatic heterocycles. The zero-order chi connectivity index (χ0) is 12.1. The largest absolute Gasteiger partial charge is 0.473 e. The van der Waals surface area contributed by atoms with Crippen molar-refractivity contribution in [3.05, 3.63) is 59.8 Å². The molecule has 3 nitrogen and oxygen atoms in total. The van der Waals surface area contributed by atoms with Crippen molar-refractivity contribution in [1.82, 2.24) is 4.98 Å². The SMILES string of the molecule is CC(N)c1ccc(OCc2ccccc2)nc1. The third-order valence-electron chi connectivity index (χ3n) is 2.51. The third-order valence-corrected chi connectivity index (χ3v) is 2.51. The molecule has 0 aliphatic carbocycles. The summed E-state index contributed by atoms with van der Waals surface area (Å²) in [6.45, 7) is 2.47. The first-order valence-corrected chi connectivity index (χ1v) is 5.64. The van der Waals surface area contributed by atoms with E-state index >= 15 is 0 Å². The van der Waals surface area contributed by atoms with Crippen molar-refractivity contribution in [1.29, 1.82) is 0 Å². The highest BCUT2D eigenvalue weighted by molar-refractivity contribution is 5.21. The molecule has 1 atom stereocenters. The minimum absolute atomic E-state index is 0.00525. The fourth-order valence-electron chi connectivity index (χ4n) is 1.48. The van der Waals surface area contributed by atoms with Gasteiger partial charge in [0, 0.05) is 18.3 Å². The highest BCUT2D eigenvalue weighted by Gasteiger charge is 2.01. The molecule has 0 aliphatic rings. The van der Waals surface area contributed by atoms with Gasteiger partial charge in [-0.1, -0.05) is 36.4 Å². The van der Waals surface area contributed by atoms with Crippen LogP contribution in [-0.2, 0) is 6.61 Å². The number of ether oxygens (including phenoxy) is 1. The van der Waals surface area contributed by atoms with E-state index in [9.17, 15) is 0 Å². The van der Waals surface area contributed by atoms with Gasteiger partial charge >= 0.3 is 0 Å². The lowest BCUT2D eigenvalue weighted by molar-refractivity contribution is 0.293. The minimum atomic E-state index is 0.00525. The van der Waals surface area contributed by atoms with E-state index in [2.05, 4.69) is 4.98 Å². The van der Waals surface area contributed by atoms with Crippen LogP contribution in [-0.4, -0.2) is 4.98 Å². The van der Waals surface area contributed by atoms with Gasteiger partial charge in [-0.3, -0.25) is 0 Å². The summed E-state index contributed by atoms with van der Waals surface area (Å²) < 4.78 is 5.57. The maximum atomic E-state index is 5.75. The molecule has 0 aliphatic heterocycles. The Morgan fingerprint density at radius 3 is 2.53 bits per heavy atom. The number of rotatable bonds is 4. The molecule has 0 radical (unpaired) electrons. The monoisotopic (exact) mass is 228 g/mol. The Bertz CT molecular complexity index is 451. The van der Waals surface area contributed by atoms with E-state index in [1.807, 2.05) is 49.4 Å². The second-order valence-electron chi connectivity index (χ2n) is 3.99. The smallest absolute Gasteiger partial charge is 0.213 e. The first kappa shape index (κ1) is 11.6. The average Bonchev–Trinajstić information content (AvgIpc) is 2.38. The summed E-state index contributed by atoms with van der Waals surface area (Å²) in [6.07, 6.45) is 1.75. The molecule has 2 rings (SSSR count). The van der Waals surface area contributed by atoms with Crippen molar-refractivity contribution in [2.75, 3.05) is 0 Å². The average molecular weight is 228 g/mol. The lowest BCUT2D eigenvalue weighted by Crippen LogP contribution is -2.05. The molecule has 0 saturated carbocycles. The van der Waals surface area contributed by atoms with Gasteiger partial charge in [-0.15, -0.1) is 0 Å². The van der Waals surface area contributed by atoms with E-state index in [-0.39, 0.29) is 6.04 Å². The van der Waals surface area contributed by atoms with Crippen LogP contribution < -0.4 is 10.5 Å². The molecule has 88 valence electrons. The van der Waals surface area contributed by atoms with E-state index in [1.54, 1.807) is 6.20 Å². The number of aromatic nitrogens is 1. The summed E-state index contributed by atoms with van der Waals surface area (Å²) in [7, 11) is 0. The molecule has 0 saturated heterocycles. The van der Waals surface area contributed by atoms with Gasteiger partial charge in [0.1, 0.15) is 6.61 Å². The summed E-state index contributed by atoms with van der Waals surface area (Å²) in [6, 6.07) is 13.8. The lowest BCUT2D eigenvalue weighted by atomic mass is 10.2.